The van der Waals surface area contributed by atoms with Crippen LogP contribution in [0.4, 0.5) is 0 Å². The van der Waals surface area contributed by atoms with Gasteiger partial charge in [-0.05, 0) is 38.5 Å². The van der Waals surface area contributed by atoms with Crippen LogP contribution < -0.4 is 5.32 Å². The maximum atomic E-state index is 12.4. The lowest BCUT2D eigenvalue weighted by molar-refractivity contribution is -0.120. The molecule has 6 nitrogen and oxygen atoms in total. The van der Waals surface area contributed by atoms with Crippen molar-refractivity contribution >= 4 is 15.7 Å². The summed E-state index contributed by atoms with van der Waals surface area (Å²) in [4.78, 5) is 12.5. The molecule has 0 atom stereocenters. The van der Waals surface area contributed by atoms with Crippen LogP contribution in [0.25, 0.3) is 0 Å². The maximum Gasteiger partial charge on any atom is 0.221 e. The number of benzene rings is 2. The molecule has 2 aromatic carbocycles. The van der Waals surface area contributed by atoms with Gasteiger partial charge in [0.05, 0.1) is 22.9 Å². The zero-order valence-corrected chi connectivity index (χ0v) is 18.4. The highest BCUT2D eigenvalue weighted by molar-refractivity contribution is 7.91. The highest BCUT2D eigenvalue weighted by Crippen LogP contribution is 2.16. The first-order valence-electron chi connectivity index (χ1n) is 9.89. The molecule has 7 heteroatoms. The summed E-state index contributed by atoms with van der Waals surface area (Å²) in [5.74, 6) is -0.507. The lowest BCUT2D eigenvalue weighted by Crippen LogP contribution is -2.25. The quantitative estimate of drug-likeness (QED) is 0.600. The molecular formula is C23H27N3O3S. The molecule has 0 aliphatic carbocycles. The zero-order chi connectivity index (χ0) is 21.7. The summed E-state index contributed by atoms with van der Waals surface area (Å²) in [5, 5.41) is 7.42. The van der Waals surface area contributed by atoms with Crippen molar-refractivity contribution < 1.29 is 13.2 Å². The van der Waals surface area contributed by atoms with E-state index in [0.717, 1.165) is 28.1 Å². The minimum Gasteiger partial charge on any atom is -0.352 e. The summed E-state index contributed by atoms with van der Waals surface area (Å²) in [6.45, 7) is 6.78. The number of aryl methyl sites for hydroxylation is 2. The second-order valence-corrected chi connectivity index (χ2v) is 9.56. The third kappa shape index (κ3) is 5.36. The molecule has 3 rings (SSSR count). The first-order valence-corrected chi connectivity index (χ1v) is 11.5. The standard InChI is InChI=1S/C23H27N3O3S/c1-17-9-11-21(12-10-17)30(28,29)14-13-23(27)24-15-22-18(2)25-26(19(22)3)16-20-7-5-4-6-8-20/h4-12H,13-16H2,1-3H3,(H,24,27). The van der Waals surface area contributed by atoms with Crippen molar-refractivity contribution in [3.8, 4) is 0 Å². The Bertz CT molecular complexity index is 1120. The van der Waals surface area contributed by atoms with E-state index in [-0.39, 0.29) is 23.0 Å². The van der Waals surface area contributed by atoms with Gasteiger partial charge in [-0.2, -0.15) is 5.10 Å². The second-order valence-electron chi connectivity index (χ2n) is 7.45. The Labute approximate surface area is 177 Å². The normalized spacial score (nSPS) is 11.4. The van der Waals surface area contributed by atoms with Crippen molar-refractivity contribution in [1.29, 1.82) is 0 Å². The van der Waals surface area contributed by atoms with E-state index >= 15 is 0 Å². The minimum atomic E-state index is -3.48. The first-order chi connectivity index (χ1) is 14.3. The Balaban J connectivity index is 1.57. The summed E-state index contributed by atoms with van der Waals surface area (Å²) in [6.07, 6.45) is -0.0769. The Kier molecular flexibility index (Phi) is 6.72. The Hall–Kier alpha value is -2.93. The van der Waals surface area contributed by atoms with Gasteiger partial charge in [-0.15, -0.1) is 0 Å². The van der Waals surface area contributed by atoms with Crippen LogP contribution in [0.1, 0.15) is 34.5 Å². The number of hydrogen-bond donors (Lipinski definition) is 1. The number of sulfone groups is 1. The number of rotatable bonds is 8. The van der Waals surface area contributed by atoms with Gasteiger partial charge in [0.15, 0.2) is 9.84 Å². The van der Waals surface area contributed by atoms with Crippen LogP contribution in [0.15, 0.2) is 59.5 Å². The molecule has 1 amide bonds. The molecule has 30 heavy (non-hydrogen) atoms. The van der Waals surface area contributed by atoms with Crippen molar-refractivity contribution in [1.82, 2.24) is 15.1 Å². The second kappa shape index (κ2) is 9.26. The number of aromatic nitrogens is 2. The highest BCUT2D eigenvalue weighted by atomic mass is 32.2. The summed E-state index contributed by atoms with van der Waals surface area (Å²) >= 11 is 0. The van der Waals surface area contributed by atoms with Gasteiger partial charge in [-0.1, -0.05) is 48.0 Å². The van der Waals surface area contributed by atoms with Gasteiger partial charge < -0.3 is 5.32 Å². The van der Waals surface area contributed by atoms with Crippen molar-refractivity contribution in [2.24, 2.45) is 0 Å². The number of hydrogen-bond acceptors (Lipinski definition) is 4. The molecule has 0 saturated carbocycles. The summed E-state index contributed by atoms with van der Waals surface area (Å²) in [6, 6.07) is 16.7. The molecule has 158 valence electrons. The molecule has 0 aliphatic rings. The molecule has 3 aromatic rings. The average Bonchev–Trinajstić information content (AvgIpc) is 2.98. The topological polar surface area (TPSA) is 81.1 Å². The van der Waals surface area contributed by atoms with Gasteiger partial charge >= 0.3 is 0 Å². The van der Waals surface area contributed by atoms with Crippen LogP contribution in [0.3, 0.4) is 0 Å². The monoisotopic (exact) mass is 425 g/mol. The number of nitrogens with zero attached hydrogens (tertiary/aromatic N) is 2. The number of carbonyl (C=O) groups excluding carboxylic acids is 1. The van der Waals surface area contributed by atoms with Crippen molar-refractivity contribution in [2.75, 3.05) is 5.75 Å². The minimum absolute atomic E-state index is 0.0769. The van der Waals surface area contributed by atoms with E-state index in [0.29, 0.717) is 13.1 Å². The van der Waals surface area contributed by atoms with Crippen LogP contribution in [0.2, 0.25) is 0 Å². The van der Waals surface area contributed by atoms with E-state index in [4.69, 9.17) is 0 Å². The molecule has 0 unspecified atom stereocenters. The van der Waals surface area contributed by atoms with Crippen LogP contribution in [-0.2, 0) is 27.7 Å². The van der Waals surface area contributed by atoms with E-state index < -0.39 is 9.84 Å². The number of nitrogens with one attached hydrogen (secondary N) is 1. The maximum absolute atomic E-state index is 12.4. The van der Waals surface area contributed by atoms with Crippen LogP contribution >= 0.6 is 0 Å². The van der Waals surface area contributed by atoms with E-state index in [1.807, 2.05) is 55.8 Å². The molecule has 0 spiro atoms. The van der Waals surface area contributed by atoms with E-state index in [9.17, 15) is 13.2 Å². The number of amides is 1. The number of carbonyl (C=O) groups is 1. The Morgan fingerprint density at radius 2 is 1.67 bits per heavy atom. The molecule has 1 heterocycles. The smallest absolute Gasteiger partial charge is 0.221 e. The molecule has 0 aliphatic heterocycles. The SMILES string of the molecule is Cc1ccc(S(=O)(=O)CCC(=O)NCc2c(C)nn(Cc3ccccc3)c2C)cc1. The van der Waals surface area contributed by atoms with Crippen molar-refractivity contribution in [3.63, 3.8) is 0 Å². The molecule has 0 radical (unpaired) electrons. The van der Waals surface area contributed by atoms with Gasteiger partial charge in [-0.25, -0.2) is 8.42 Å². The third-order valence-electron chi connectivity index (χ3n) is 5.15. The summed E-state index contributed by atoms with van der Waals surface area (Å²) < 4.78 is 26.8. The lowest BCUT2D eigenvalue weighted by Gasteiger charge is -2.08. The molecule has 0 fully saturated rings. The van der Waals surface area contributed by atoms with E-state index in [2.05, 4.69) is 10.4 Å². The van der Waals surface area contributed by atoms with Gasteiger partial charge in [0, 0.05) is 24.2 Å². The largest absolute Gasteiger partial charge is 0.352 e. The molecular weight excluding hydrogens is 398 g/mol. The first kappa shape index (κ1) is 21.8. The molecule has 0 bridgehead atoms. The fraction of sp³-hybridized carbons (Fsp3) is 0.304. The zero-order valence-electron chi connectivity index (χ0n) is 17.6. The summed E-state index contributed by atoms with van der Waals surface area (Å²) in [7, 11) is -3.48. The van der Waals surface area contributed by atoms with E-state index in [1.165, 1.54) is 0 Å². The lowest BCUT2D eigenvalue weighted by atomic mass is 10.2. The molecule has 0 saturated heterocycles. The van der Waals surface area contributed by atoms with Gasteiger partial charge in [0.25, 0.3) is 0 Å². The van der Waals surface area contributed by atoms with Gasteiger partial charge in [0.2, 0.25) is 5.91 Å². The molecule has 1 N–H and O–H groups in total. The van der Waals surface area contributed by atoms with Gasteiger partial charge in [0.1, 0.15) is 0 Å². The van der Waals surface area contributed by atoms with E-state index in [1.54, 1.807) is 24.3 Å². The molecule has 1 aromatic heterocycles. The van der Waals surface area contributed by atoms with Crippen molar-refractivity contribution in [3.05, 3.63) is 82.7 Å². The third-order valence-corrected chi connectivity index (χ3v) is 6.88. The van der Waals surface area contributed by atoms with Crippen LogP contribution in [0.5, 0.6) is 0 Å². The fourth-order valence-corrected chi connectivity index (χ4v) is 4.51. The Morgan fingerprint density at radius 3 is 2.33 bits per heavy atom. The highest BCUT2D eigenvalue weighted by Gasteiger charge is 2.17. The predicted octanol–water partition coefficient (Wildman–Crippen LogP) is 3.34. The average molecular weight is 426 g/mol. The van der Waals surface area contributed by atoms with Crippen LogP contribution in [0, 0.1) is 20.8 Å². The van der Waals surface area contributed by atoms with Crippen molar-refractivity contribution in [2.45, 2.75) is 45.2 Å². The Morgan fingerprint density at radius 1 is 1.00 bits per heavy atom. The predicted molar refractivity (Wildman–Crippen MR) is 117 cm³/mol. The van der Waals surface area contributed by atoms with Crippen LogP contribution in [-0.4, -0.2) is 29.9 Å². The summed E-state index contributed by atoms with van der Waals surface area (Å²) in [5.41, 5.74) is 4.95. The fourth-order valence-electron chi connectivity index (χ4n) is 3.27. The van der Waals surface area contributed by atoms with Gasteiger partial charge in [-0.3, -0.25) is 9.48 Å².